The number of carbonyl (C=O) groups excluding carboxylic acids is 1. The predicted molar refractivity (Wildman–Crippen MR) is 90.0 cm³/mol. The molecule has 108 valence electrons. The molecule has 0 spiro atoms. The Morgan fingerprint density at radius 3 is 2.80 bits per heavy atom. The van der Waals surface area contributed by atoms with E-state index >= 15 is 0 Å². The van der Waals surface area contributed by atoms with Gasteiger partial charge in [0.25, 0.3) is 0 Å². The van der Waals surface area contributed by atoms with Gasteiger partial charge in [-0.3, -0.25) is 4.79 Å². The zero-order valence-corrected chi connectivity index (χ0v) is 14.6. The van der Waals surface area contributed by atoms with Crippen molar-refractivity contribution in [3.63, 3.8) is 0 Å². The molecule has 5 heteroatoms. The van der Waals surface area contributed by atoms with E-state index in [2.05, 4.69) is 52.2 Å². The van der Waals surface area contributed by atoms with Gasteiger partial charge < -0.3 is 5.32 Å². The Morgan fingerprint density at radius 2 is 2.20 bits per heavy atom. The molecule has 1 N–H and O–H groups in total. The maximum absolute atomic E-state index is 11.9. The Kier molecular flexibility index (Phi) is 4.49. The molecule has 2 aromatic rings. The van der Waals surface area contributed by atoms with Crippen LogP contribution in [0.15, 0.2) is 18.2 Å². The van der Waals surface area contributed by atoms with E-state index in [-0.39, 0.29) is 5.91 Å². The van der Waals surface area contributed by atoms with Crippen LogP contribution in [0.1, 0.15) is 45.6 Å². The van der Waals surface area contributed by atoms with E-state index < -0.39 is 4.32 Å². The Hall–Kier alpha value is -0.940. The predicted octanol–water partition coefficient (Wildman–Crippen LogP) is 4.92. The molecular weight excluding hydrogens is 336 g/mol. The van der Waals surface area contributed by atoms with Crippen molar-refractivity contribution in [1.82, 2.24) is 4.98 Å². The SMILES string of the molecule is CC[C@@H](C)c1ccc2nc(NC(=O)C(C)(C)Br)sc2c1. The molecule has 1 heterocycles. The van der Waals surface area contributed by atoms with E-state index in [1.165, 1.54) is 16.9 Å². The summed E-state index contributed by atoms with van der Waals surface area (Å²) < 4.78 is 0.526. The van der Waals surface area contributed by atoms with E-state index in [4.69, 9.17) is 0 Å². The third kappa shape index (κ3) is 3.38. The van der Waals surface area contributed by atoms with Crippen LogP contribution in [-0.2, 0) is 4.79 Å². The minimum Gasteiger partial charge on any atom is -0.301 e. The number of nitrogens with one attached hydrogen (secondary N) is 1. The lowest BCUT2D eigenvalue weighted by atomic mass is 9.99. The molecule has 0 unspecified atom stereocenters. The number of aromatic nitrogens is 1. The average molecular weight is 355 g/mol. The molecule has 0 saturated carbocycles. The molecule has 0 aliphatic heterocycles. The first kappa shape index (κ1) is 15.4. The van der Waals surface area contributed by atoms with Crippen molar-refractivity contribution in [2.75, 3.05) is 5.32 Å². The Labute approximate surface area is 131 Å². The summed E-state index contributed by atoms with van der Waals surface area (Å²) in [5.74, 6) is 0.458. The minimum absolute atomic E-state index is 0.0845. The first-order valence-corrected chi connectivity index (χ1v) is 8.33. The Morgan fingerprint density at radius 1 is 1.50 bits per heavy atom. The third-order valence-corrected chi connectivity index (χ3v) is 4.65. The van der Waals surface area contributed by atoms with Gasteiger partial charge in [0.05, 0.1) is 14.5 Å². The lowest BCUT2D eigenvalue weighted by Crippen LogP contribution is -2.30. The highest BCUT2D eigenvalue weighted by Crippen LogP contribution is 2.30. The zero-order chi connectivity index (χ0) is 14.9. The van der Waals surface area contributed by atoms with Gasteiger partial charge in [-0.15, -0.1) is 0 Å². The molecule has 1 aromatic carbocycles. The van der Waals surface area contributed by atoms with Crippen LogP contribution in [0.3, 0.4) is 0 Å². The number of hydrogen-bond donors (Lipinski definition) is 1. The van der Waals surface area contributed by atoms with Gasteiger partial charge in [0, 0.05) is 0 Å². The summed E-state index contributed by atoms with van der Waals surface area (Å²) in [6, 6.07) is 6.33. The van der Waals surface area contributed by atoms with Crippen LogP contribution in [0, 0.1) is 0 Å². The molecule has 20 heavy (non-hydrogen) atoms. The van der Waals surface area contributed by atoms with Gasteiger partial charge >= 0.3 is 0 Å². The van der Waals surface area contributed by atoms with Crippen molar-refractivity contribution in [1.29, 1.82) is 0 Å². The van der Waals surface area contributed by atoms with Gasteiger partial charge in [0.1, 0.15) is 0 Å². The second-order valence-electron chi connectivity index (χ2n) is 5.48. The molecule has 3 nitrogen and oxygen atoms in total. The topological polar surface area (TPSA) is 42.0 Å². The number of thiazole rings is 1. The molecule has 0 fully saturated rings. The normalized spacial score (nSPS) is 13.4. The Balaban J connectivity index is 2.28. The molecule has 0 bridgehead atoms. The van der Waals surface area contributed by atoms with Crippen LogP contribution in [0.2, 0.25) is 0 Å². The van der Waals surface area contributed by atoms with E-state index in [1.807, 2.05) is 19.9 Å². The fourth-order valence-electron chi connectivity index (χ4n) is 1.78. The molecule has 0 aliphatic rings. The van der Waals surface area contributed by atoms with Crippen molar-refractivity contribution in [3.8, 4) is 0 Å². The van der Waals surface area contributed by atoms with E-state index in [0.29, 0.717) is 11.0 Å². The second-order valence-corrected chi connectivity index (χ2v) is 8.50. The first-order valence-electron chi connectivity index (χ1n) is 6.72. The highest BCUT2D eigenvalue weighted by Gasteiger charge is 2.24. The van der Waals surface area contributed by atoms with Gasteiger partial charge in [0.15, 0.2) is 5.13 Å². The largest absolute Gasteiger partial charge is 0.301 e. The van der Waals surface area contributed by atoms with Crippen LogP contribution >= 0.6 is 27.3 Å². The summed E-state index contributed by atoms with van der Waals surface area (Å²) in [5.41, 5.74) is 2.26. The fraction of sp³-hybridized carbons (Fsp3) is 0.467. The molecule has 1 aromatic heterocycles. The summed E-state index contributed by atoms with van der Waals surface area (Å²) in [6.07, 6.45) is 1.12. The number of carbonyl (C=O) groups is 1. The van der Waals surface area contributed by atoms with Gasteiger partial charge in [-0.05, 0) is 43.9 Å². The van der Waals surface area contributed by atoms with Crippen molar-refractivity contribution >= 4 is 48.5 Å². The first-order chi connectivity index (χ1) is 9.31. The quantitative estimate of drug-likeness (QED) is 0.791. The van der Waals surface area contributed by atoms with Crippen LogP contribution in [0.5, 0.6) is 0 Å². The zero-order valence-electron chi connectivity index (χ0n) is 12.2. The smallest absolute Gasteiger partial charge is 0.242 e. The summed E-state index contributed by atoms with van der Waals surface area (Å²) in [6.45, 7) is 8.04. The number of hydrogen-bond acceptors (Lipinski definition) is 3. The van der Waals surface area contributed by atoms with Gasteiger partial charge in [-0.2, -0.15) is 0 Å². The number of benzene rings is 1. The highest BCUT2D eigenvalue weighted by molar-refractivity contribution is 9.10. The van der Waals surface area contributed by atoms with Crippen LogP contribution in [-0.4, -0.2) is 15.2 Å². The minimum atomic E-state index is -0.591. The number of nitrogens with zero attached hydrogens (tertiary/aromatic N) is 1. The van der Waals surface area contributed by atoms with Crippen molar-refractivity contribution in [2.45, 2.75) is 44.4 Å². The monoisotopic (exact) mass is 354 g/mol. The average Bonchev–Trinajstić information content (AvgIpc) is 2.77. The Bertz CT molecular complexity index is 630. The number of rotatable bonds is 4. The van der Waals surface area contributed by atoms with Gasteiger partial charge in [-0.25, -0.2) is 4.98 Å². The van der Waals surface area contributed by atoms with Crippen LogP contribution in [0.25, 0.3) is 10.2 Å². The molecule has 1 amide bonds. The number of halogens is 1. The lowest BCUT2D eigenvalue weighted by molar-refractivity contribution is -0.117. The molecule has 2 rings (SSSR count). The maximum Gasteiger partial charge on any atom is 0.242 e. The lowest BCUT2D eigenvalue weighted by Gasteiger charge is -2.13. The third-order valence-electron chi connectivity index (χ3n) is 3.35. The van der Waals surface area contributed by atoms with E-state index in [9.17, 15) is 4.79 Å². The van der Waals surface area contributed by atoms with Crippen molar-refractivity contribution in [2.24, 2.45) is 0 Å². The number of alkyl halides is 1. The maximum atomic E-state index is 11.9. The summed E-state index contributed by atoms with van der Waals surface area (Å²) in [5, 5.41) is 3.51. The number of amides is 1. The van der Waals surface area contributed by atoms with Crippen LogP contribution < -0.4 is 5.32 Å². The number of anilines is 1. The van der Waals surface area contributed by atoms with Crippen molar-refractivity contribution < 1.29 is 4.79 Å². The summed E-state index contributed by atoms with van der Waals surface area (Å²) >= 11 is 4.87. The summed E-state index contributed by atoms with van der Waals surface area (Å²) in [7, 11) is 0. The van der Waals surface area contributed by atoms with Crippen LogP contribution in [0.4, 0.5) is 5.13 Å². The standard InChI is InChI=1S/C15H19BrN2OS/c1-5-9(2)10-6-7-11-12(8-10)20-14(17-11)18-13(19)15(3,4)16/h6-9H,5H2,1-4H3,(H,17,18,19)/t9-/m1/s1. The molecule has 0 aliphatic carbocycles. The summed E-state index contributed by atoms with van der Waals surface area (Å²) in [4.78, 5) is 16.4. The fourth-order valence-corrected chi connectivity index (χ4v) is 2.79. The van der Waals surface area contributed by atoms with Gasteiger partial charge in [-0.1, -0.05) is 47.2 Å². The van der Waals surface area contributed by atoms with E-state index in [0.717, 1.165) is 16.6 Å². The van der Waals surface area contributed by atoms with E-state index in [1.54, 1.807) is 0 Å². The number of fused-ring (bicyclic) bond motifs is 1. The molecular formula is C15H19BrN2OS. The molecule has 0 radical (unpaired) electrons. The second kappa shape index (κ2) is 5.82. The highest BCUT2D eigenvalue weighted by atomic mass is 79.9. The van der Waals surface area contributed by atoms with Gasteiger partial charge in [0.2, 0.25) is 5.91 Å². The molecule has 1 atom stereocenters. The molecule has 0 saturated heterocycles. The van der Waals surface area contributed by atoms with Crippen molar-refractivity contribution in [3.05, 3.63) is 23.8 Å².